The van der Waals surface area contributed by atoms with E-state index < -0.39 is 0 Å². The van der Waals surface area contributed by atoms with Crippen LogP contribution in [0.15, 0.2) is 12.3 Å². The maximum atomic E-state index is 12.0. The van der Waals surface area contributed by atoms with E-state index in [1.807, 2.05) is 0 Å². The molecule has 0 aliphatic heterocycles. The van der Waals surface area contributed by atoms with Gasteiger partial charge >= 0.3 is 0 Å². The number of carbonyl (C=O) groups excluding carboxylic acids is 1. The molecular weight excluding hydrogens is 319 g/mol. The predicted molar refractivity (Wildman–Crippen MR) is 80.7 cm³/mol. The molecule has 0 fully saturated rings. The number of pyridine rings is 1. The SMILES string of the molecule is CC(C)Cc1nnc(NC(=O)c2cnc(Cl)c(Cl)c2)s1. The van der Waals surface area contributed by atoms with Crippen LogP contribution in [0.4, 0.5) is 5.13 Å². The zero-order chi connectivity index (χ0) is 14.7. The summed E-state index contributed by atoms with van der Waals surface area (Å²) in [4.78, 5) is 15.8. The molecular formula is C12H12Cl2N4OS. The van der Waals surface area contributed by atoms with E-state index in [1.54, 1.807) is 0 Å². The number of hydrogen-bond donors (Lipinski definition) is 1. The largest absolute Gasteiger partial charge is 0.296 e. The van der Waals surface area contributed by atoms with Gasteiger partial charge in [-0.1, -0.05) is 48.4 Å². The molecule has 0 bridgehead atoms. The van der Waals surface area contributed by atoms with Gasteiger partial charge in [-0.05, 0) is 12.0 Å². The van der Waals surface area contributed by atoms with Crippen molar-refractivity contribution in [2.75, 3.05) is 5.32 Å². The summed E-state index contributed by atoms with van der Waals surface area (Å²) in [6.45, 7) is 4.20. The molecule has 0 spiro atoms. The zero-order valence-corrected chi connectivity index (χ0v) is 13.2. The summed E-state index contributed by atoms with van der Waals surface area (Å²) in [5.41, 5.74) is 0.319. The number of aromatic nitrogens is 3. The minimum Gasteiger partial charge on any atom is -0.296 e. The first-order valence-corrected chi connectivity index (χ1v) is 7.47. The van der Waals surface area contributed by atoms with Crippen molar-refractivity contribution in [1.29, 1.82) is 0 Å². The summed E-state index contributed by atoms with van der Waals surface area (Å²) in [5, 5.41) is 12.4. The lowest BCUT2D eigenvalue weighted by Gasteiger charge is -2.02. The van der Waals surface area contributed by atoms with Gasteiger partial charge < -0.3 is 0 Å². The molecule has 0 aromatic carbocycles. The first kappa shape index (κ1) is 15.2. The summed E-state index contributed by atoms with van der Waals surface area (Å²) in [5.74, 6) is 0.147. The summed E-state index contributed by atoms with van der Waals surface area (Å²) in [6, 6.07) is 1.46. The Labute approximate surface area is 130 Å². The molecule has 8 heteroatoms. The molecule has 2 rings (SSSR count). The van der Waals surface area contributed by atoms with Crippen molar-refractivity contribution < 1.29 is 4.79 Å². The van der Waals surface area contributed by atoms with E-state index in [2.05, 4.69) is 34.3 Å². The number of rotatable bonds is 4. The minimum atomic E-state index is -0.344. The Balaban J connectivity index is 2.07. The Morgan fingerprint density at radius 3 is 2.80 bits per heavy atom. The van der Waals surface area contributed by atoms with Gasteiger partial charge in [0.1, 0.15) is 10.2 Å². The third-order valence-electron chi connectivity index (χ3n) is 2.33. The normalized spacial score (nSPS) is 10.8. The quantitative estimate of drug-likeness (QED) is 0.868. The van der Waals surface area contributed by atoms with Crippen LogP contribution in [0, 0.1) is 5.92 Å². The highest BCUT2D eigenvalue weighted by Gasteiger charge is 2.12. The summed E-state index contributed by atoms with van der Waals surface area (Å²) >= 11 is 12.9. The smallest absolute Gasteiger partial charge is 0.259 e. The van der Waals surface area contributed by atoms with E-state index in [0.717, 1.165) is 11.4 Å². The van der Waals surface area contributed by atoms with Gasteiger partial charge in [0.2, 0.25) is 5.13 Å². The summed E-state index contributed by atoms with van der Waals surface area (Å²) in [7, 11) is 0. The van der Waals surface area contributed by atoms with Gasteiger partial charge in [-0.15, -0.1) is 10.2 Å². The zero-order valence-electron chi connectivity index (χ0n) is 10.9. The number of anilines is 1. The first-order valence-electron chi connectivity index (χ1n) is 5.90. The van der Waals surface area contributed by atoms with Crippen molar-refractivity contribution in [2.45, 2.75) is 20.3 Å². The lowest BCUT2D eigenvalue weighted by molar-refractivity contribution is 0.102. The molecule has 5 nitrogen and oxygen atoms in total. The fraction of sp³-hybridized carbons (Fsp3) is 0.333. The lowest BCUT2D eigenvalue weighted by atomic mass is 10.1. The maximum absolute atomic E-state index is 12.0. The molecule has 1 amide bonds. The van der Waals surface area contributed by atoms with Gasteiger partial charge in [-0.3, -0.25) is 10.1 Å². The minimum absolute atomic E-state index is 0.165. The van der Waals surface area contributed by atoms with Crippen LogP contribution in [0.25, 0.3) is 0 Å². The standard InChI is InChI=1S/C12H12Cl2N4OS/c1-6(2)3-9-17-18-12(20-9)16-11(19)7-4-8(13)10(14)15-5-7/h4-6H,3H2,1-2H3,(H,16,18,19). The third-order valence-corrected chi connectivity index (χ3v) is 3.88. The fourth-order valence-electron chi connectivity index (χ4n) is 1.45. The Morgan fingerprint density at radius 2 is 2.15 bits per heavy atom. The van der Waals surface area contributed by atoms with Gasteiger partial charge in [-0.2, -0.15) is 0 Å². The van der Waals surface area contributed by atoms with Crippen molar-refractivity contribution in [3.8, 4) is 0 Å². The third kappa shape index (κ3) is 3.88. The topological polar surface area (TPSA) is 67.8 Å². The molecule has 106 valence electrons. The van der Waals surface area contributed by atoms with Crippen molar-refractivity contribution in [3.63, 3.8) is 0 Å². The fourth-order valence-corrected chi connectivity index (χ4v) is 2.67. The summed E-state index contributed by atoms with van der Waals surface area (Å²) in [6.07, 6.45) is 2.20. The van der Waals surface area contributed by atoms with Crippen LogP contribution in [-0.4, -0.2) is 21.1 Å². The number of amides is 1. The van der Waals surface area contributed by atoms with Crippen LogP contribution in [-0.2, 0) is 6.42 Å². The Kier molecular flexibility index (Phi) is 4.91. The number of carbonyl (C=O) groups is 1. The number of hydrogen-bond acceptors (Lipinski definition) is 5. The highest BCUT2D eigenvalue weighted by Crippen LogP contribution is 2.22. The average Bonchev–Trinajstić information content (AvgIpc) is 2.79. The van der Waals surface area contributed by atoms with Gasteiger partial charge in [-0.25, -0.2) is 4.98 Å². The molecule has 2 aromatic heterocycles. The van der Waals surface area contributed by atoms with E-state index in [0.29, 0.717) is 16.6 Å². The Bertz CT molecular complexity index is 630. The molecule has 2 aromatic rings. The second-order valence-electron chi connectivity index (χ2n) is 4.55. The average molecular weight is 331 g/mol. The predicted octanol–water partition coefficient (Wildman–Crippen LogP) is 3.69. The van der Waals surface area contributed by atoms with E-state index in [4.69, 9.17) is 23.2 Å². The Hall–Kier alpha value is -1.24. The molecule has 0 saturated carbocycles. The van der Waals surface area contributed by atoms with E-state index in [9.17, 15) is 4.79 Å². The van der Waals surface area contributed by atoms with Crippen LogP contribution in [0.5, 0.6) is 0 Å². The molecule has 0 atom stereocenters. The van der Waals surface area contributed by atoms with Crippen molar-refractivity contribution >= 4 is 45.6 Å². The number of nitrogens with one attached hydrogen (secondary N) is 1. The Morgan fingerprint density at radius 1 is 1.40 bits per heavy atom. The van der Waals surface area contributed by atoms with Gasteiger partial charge in [0, 0.05) is 12.6 Å². The number of halogens is 2. The second kappa shape index (κ2) is 6.47. The van der Waals surface area contributed by atoms with Gasteiger partial charge in [0.15, 0.2) is 0 Å². The van der Waals surface area contributed by atoms with Gasteiger partial charge in [0.25, 0.3) is 5.91 Å². The molecule has 0 aliphatic rings. The molecule has 1 N–H and O–H groups in total. The van der Waals surface area contributed by atoms with Crippen LogP contribution < -0.4 is 5.32 Å². The monoisotopic (exact) mass is 330 g/mol. The molecule has 0 aliphatic carbocycles. The van der Waals surface area contributed by atoms with E-state index in [-0.39, 0.29) is 16.1 Å². The molecule has 2 heterocycles. The second-order valence-corrected chi connectivity index (χ2v) is 6.38. The van der Waals surface area contributed by atoms with Crippen LogP contribution >= 0.6 is 34.5 Å². The van der Waals surface area contributed by atoms with E-state index in [1.165, 1.54) is 23.6 Å². The molecule has 0 radical (unpaired) electrons. The molecule has 0 unspecified atom stereocenters. The van der Waals surface area contributed by atoms with Crippen molar-refractivity contribution in [3.05, 3.63) is 33.0 Å². The first-order chi connectivity index (χ1) is 9.45. The highest BCUT2D eigenvalue weighted by atomic mass is 35.5. The van der Waals surface area contributed by atoms with Crippen LogP contribution in [0.1, 0.15) is 29.2 Å². The molecule has 20 heavy (non-hydrogen) atoms. The number of nitrogens with zero attached hydrogens (tertiary/aromatic N) is 3. The summed E-state index contributed by atoms with van der Waals surface area (Å²) < 4.78 is 0. The highest BCUT2D eigenvalue weighted by molar-refractivity contribution is 7.15. The van der Waals surface area contributed by atoms with Gasteiger partial charge in [0.05, 0.1) is 10.6 Å². The van der Waals surface area contributed by atoms with E-state index >= 15 is 0 Å². The molecule has 0 saturated heterocycles. The van der Waals surface area contributed by atoms with Crippen LogP contribution in [0.3, 0.4) is 0 Å². The van der Waals surface area contributed by atoms with Crippen LogP contribution in [0.2, 0.25) is 10.2 Å². The maximum Gasteiger partial charge on any atom is 0.259 e. The lowest BCUT2D eigenvalue weighted by Crippen LogP contribution is -2.12. The van der Waals surface area contributed by atoms with Crippen molar-refractivity contribution in [1.82, 2.24) is 15.2 Å². The van der Waals surface area contributed by atoms with Crippen molar-refractivity contribution in [2.24, 2.45) is 5.92 Å².